The molecular weight excluding hydrogens is 358 g/mol. The van der Waals surface area contributed by atoms with E-state index in [0.29, 0.717) is 29.8 Å². The Kier molecular flexibility index (Phi) is 6.19. The summed E-state index contributed by atoms with van der Waals surface area (Å²) in [5.41, 5.74) is 2.96. The van der Waals surface area contributed by atoms with Crippen LogP contribution in [0.5, 0.6) is 17.2 Å². The molecule has 6 heteroatoms. The Morgan fingerprint density at radius 3 is 2.64 bits per heavy atom. The number of unbranched alkanes of at least 4 members (excludes halogenated alkanes) is 2. The zero-order valence-electron chi connectivity index (χ0n) is 16.2. The van der Waals surface area contributed by atoms with E-state index in [1.807, 2.05) is 6.07 Å². The van der Waals surface area contributed by atoms with Crippen LogP contribution in [0.3, 0.4) is 0 Å². The van der Waals surface area contributed by atoms with Crippen molar-refractivity contribution < 1.29 is 24.2 Å². The molecule has 0 atom stereocenters. The molecule has 2 aromatic carbocycles. The summed E-state index contributed by atoms with van der Waals surface area (Å²) in [7, 11) is 1.44. The van der Waals surface area contributed by atoms with Gasteiger partial charge < -0.3 is 19.9 Å². The summed E-state index contributed by atoms with van der Waals surface area (Å²) in [6, 6.07) is 8.70. The van der Waals surface area contributed by atoms with E-state index >= 15 is 0 Å². The van der Waals surface area contributed by atoms with Gasteiger partial charge in [0.05, 0.1) is 7.11 Å². The second kappa shape index (κ2) is 8.78. The molecule has 1 heterocycles. The third-order valence-corrected chi connectivity index (χ3v) is 4.87. The molecule has 148 valence electrons. The number of carbonyl (C=O) groups is 2. The Bertz CT molecular complexity index is 891. The van der Waals surface area contributed by atoms with Gasteiger partial charge in [-0.1, -0.05) is 31.9 Å². The first kappa shape index (κ1) is 19.7. The molecule has 6 nitrogen and oxygen atoms in total. The molecule has 2 aromatic rings. The van der Waals surface area contributed by atoms with Gasteiger partial charge in [-0.3, -0.25) is 9.59 Å². The topological polar surface area (TPSA) is 84.9 Å². The molecule has 0 unspecified atom stereocenters. The van der Waals surface area contributed by atoms with Crippen LogP contribution >= 0.6 is 0 Å². The van der Waals surface area contributed by atoms with E-state index in [-0.39, 0.29) is 29.8 Å². The normalized spacial score (nSPS) is 12.4. The Hall–Kier alpha value is -3.02. The van der Waals surface area contributed by atoms with Crippen molar-refractivity contribution in [3.8, 4) is 28.4 Å². The number of phenols is 1. The maximum Gasteiger partial charge on any atom is 0.251 e. The van der Waals surface area contributed by atoms with Crippen LogP contribution in [0.25, 0.3) is 11.1 Å². The third kappa shape index (κ3) is 3.96. The van der Waals surface area contributed by atoms with Gasteiger partial charge in [-0.25, -0.2) is 0 Å². The van der Waals surface area contributed by atoms with Crippen molar-refractivity contribution in [3.05, 3.63) is 41.5 Å². The maximum atomic E-state index is 12.2. The lowest BCUT2D eigenvalue weighted by molar-refractivity contribution is -0.121. The number of Topliss-reactive ketones (excluding diaryl/α,β-unsaturated/α-hetero) is 1. The van der Waals surface area contributed by atoms with E-state index in [1.165, 1.54) is 13.2 Å². The molecule has 0 radical (unpaired) electrons. The van der Waals surface area contributed by atoms with Crippen LogP contribution in [0.1, 0.15) is 48.5 Å². The number of methoxy groups -OCH3 is 1. The number of nitrogens with one attached hydrogen (secondary N) is 1. The van der Waals surface area contributed by atoms with E-state index in [1.54, 1.807) is 18.2 Å². The lowest BCUT2D eigenvalue weighted by Gasteiger charge is -2.17. The Labute approximate surface area is 164 Å². The van der Waals surface area contributed by atoms with Crippen molar-refractivity contribution in [2.45, 2.75) is 39.2 Å². The highest BCUT2D eigenvalue weighted by atomic mass is 16.5. The second-order valence-electron chi connectivity index (χ2n) is 6.79. The van der Waals surface area contributed by atoms with Crippen molar-refractivity contribution in [1.29, 1.82) is 0 Å². The van der Waals surface area contributed by atoms with Crippen LogP contribution in [0, 0.1) is 0 Å². The number of hydrogen-bond donors (Lipinski definition) is 2. The number of phenolic OH excluding ortho intramolecular Hbond substituents is 1. The van der Waals surface area contributed by atoms with E-state index < -0.39 is 0 Å². The summed E-state index contributed by atoms with van der Waals surface area (Å²) in [6.07, 6.45) is 3.35. The quantitative estimate of drug-likeness (QED) is 0.643. The highest BCUT2D eigenvalue weighted by Crippen LogP contribution is 2.45. The summed E-state index contributed by atoms with van der Waals surface area (Å²) in [5, 5.41) is 13.0. The highest BCUT2D eigenvalue weighted by Gasteiger charge is 2.25. The number of rotatable bonds is 9. The smallest absolute Gasteiger partial charge is 0.251 e. The molecule has 0 bridgehead atoms. The van der Waals surface area contributed by atoms with Gasteiger partial charge in [0.2, 0.25) is 5.75 Å². The number of ether oxygens (including phenoxy) is 2. The van der Waals surface area contributed by atoms with Crippen molar-refractivity contribution in [1.82, 2.24) is 5.32 Å². The molecule has 0 fully saturated rings. The van der Waals surface area contributed by atoms with Gasteiger partial charge in [0.1, 0.15) is 6.61 Å². The summed E-state index contributed by atoms with van der Waals surface area (Å²) in [4.78, 5) is 24.2. The standard InChI is InChI=1S/C22H25NO5/c1-3-4-5-7-14(24)13-28-20-16(10-11-19(25)21(20)27-2)15-8-6-9-17-18(15)12-23-22(17)26/h6,8-11,25H,3-5,7,12-13H2,1-2H3,(H,23,26). The number of amides is 1. The van der Waals surface area contributed by atoms with Crippen LogP contribution < -0.4 is 14.8 Å². The molecule has 0 aliphatic carbocycles. The number of hydrogen-bond acceptors (Lipinski definition) is 5. The minimum atomic E-state index is -0.115. The van der Waals surface area contributed by atoms with Gasteiger partial charge in [0, 0.05) is 24.1 Å². The Morgan fingerprint density at radius 1 is 1.11 bits per heavy atom. The lowest BCUT2D eigenvalue weighted by Crippen LogP contribution is -2.12. The summed E-state index contributed by atoms with van der Waals surface area (Å²) < 4.78 is 11.2. The summed E-state index contributed by atoms with van der Waals surface area (Å²) in [6.45, 7) is 2.41. The number of ketones is 1. The highest BCUT2D eigenvalue weighted by molar-refractivity contribution is 6.01. The molecule has 1 aliphatic heterocycles. The molecular formula is C22H25NO5. The second-order valence-corrected chi connectivity index (χ2v) is 6.79. The van der Waals surface area contributed by atoms with Crippen molar-refractivity contribution in [2.24, 2.45) is 0 Å². The number of fused-ring (bicyclic) bond motifs is 1. The fourth-order valence-corrected chi connectivity index (χ4v) is 3.41. The van der Waals surface area contributed by atoms with Crippen LogP contribution in [0.4, 0.5) is 0 Å². The zero-order chi connectivity index (χ0) is 20.1. The fourth-order valence-electron chi connectivity index (χ4n) is 3.41. The van der Waals surface area contributed by atoms with E-state index in [2.05, 4.69) is 12.2 Å². The molecule has 1 amide bonds. The van der Waals surface area contributed by atoms with Crippen LogP contribution in [0.2, 0.25) is 0 Å². The SMILES string of the molecule is CCCCCC(=O)COc1c(-c2cccc3c2CNC3=O)ccc(O)c1OC. The summed E-state index contributed by atoms with van der Waals surface area (Å²) >= 11 is 0. The van der Waals surface area contributed by atoms with Gasteiger partial charge in [-0.2, -0.15) is 0 Å². The van der Waals surface area contributed by atoms with Gasteiger partial charge in [-0.05, 0) is 35.7 Å². The van der Waals surface area contributed by atoms with E-state index in [4.69, 9.17) is 9.47 Å². The molecule has 3 rings (SSSR count). The minimum absolute atomic E-state index is 0.0000640. The van der Waals surface area contributed by atoms with Crippen molar-refractivity contribution >= 4 is 11.7 Å². The molecule has 28 heavy (non-hydrogen) atoms. The molecule has 0 saturated heterocycles. The largest absolute Gasteiger partial charge is 0.504 e. The first-order chi connectivity index (χ1) is 13.6. The molecule has 0 aromatic heterocycles. The lowest BCUT2D eigenvalue weighted by atomic mass is 9.95. The monoisotopic (exact) mass is 383 g/mol. The number of carbonyl (C=O) groups excluding carboxylic acids is 2. The minimum Gasteiger partial charge on any atom is -0.504 e. The third-order valence-electron chi connectivity index (χ3n) is 4.87. The number of benzene rings is 2. The molecule has 0 spiro atoms. The maximum absolute atomic E-state index is 12.2. The molecule has 2 N–H and O–H groups in total. The average Bonchev–Trinajstić information content (AvgIpc) is 3.08. The van der Waals surface area contributed by atoms with E-state index in [0.717, 1.165) is 30.4 Å². The van der Waals surface area contributed by atoms with Crippen molar-refractivity contribution in [3.63, 3.8) is 0 Å². The summed E-state index contributed by atoms with van der Waals surface area (Å²) in [5.74, 6) is 0.297. The average molecular weight is 383 g/mol. The Morgan fingerprint density at radius 2 is 1.89 bits per heavy atom. The van der Waals surface area contributed by atoms with Crippen LogP contribution in [0.15, 0.2) is 30.3 Å². The fraction of sp³-hybridized carbons (Fsp3) is 0.364. The number of aromatic hydroxyl groups is 1. The van der Waals surface area contributed by atoms with Gasteiger partial charge in [0.15, 0.2) is 17.3 Å². The predicted octanol–water partition coefficient (Wildman–Crippen LogP) is 3.84. The molecule has 1 aliphatic rings. The van der Waals surface area contributed by atoms with Gasteiger partial charge in [-0.15, -0.1) is 0 Å². The van der Waals surface area contributed by atoms with Crippen LogP contribution in [-0.2, 0) is 11.3 Å². The van der Waals surface area contributed by atoms with Crippen LogP contribution in [-0.4, -0.2) is 30.5 Å². The van der Waals surface area contributed by atoms with E-state index in [9.17, 15) is 14.7 Å². The van der Waals surface area contributed by atoms with Gasteiger partial charge in [0.25, 0.3) is 5.91 Å². The Balaban J connectivity index is 1.95. The first-order valence-corrected chi connectivity index (χ1v) is 9.51. The first-order valence-electron chi connectivity index (χ1n) is 9.51. The molecule has 0 saturated carbocycles. The van der Waals surface area contributed by atoms with Crippen molar-refractivity contribution in [2.75, 3.05) is 13.7 Å². The van der Waals surface area contributed by atoms with Gasteiger partial charge >= 0.3 is 0 Å². The zero-order valence-corrected chi connectivity index (χ0v) is 16.2. The predicted molar refractivity (Wildman–Crippen MR) is 106 cm³/mol.